The van der Waals surface area contributed by atoms with Gasteiger partial charge < -0.3 is 9.80 Å². The molecule has 71 heavy (non-hydrogen) atoms. The van der Waals surface area contributed by atoms with Gasteiger partial charge in [-0.15, -0.1) is 11.3 Å². The molecule has 6 aromatic rings. The number of fused-ring (bicyclic) bond motifs is 8. The molecule has 364 valence electrons. The fraction of sp³-hybridized carbons (Fsp3) is 0.522. The van der Waals surface area contributed by atoms with Crippen molar-refractivity contribution in [2.45, 2.75) is 174 Å². The maximum atomic E-state index is 2.86. The minimum Gasteiger partial charge on any atom is -0.311 e. The van der Waals surface area contributed by atoms with E-state index < -0.39 is 0 Å². The molecule has 0 N–H and O–H groups in total. The van der Waals surface area contributed by atoms with Gasteiger partial charge in [0.2, 0.25) is 0 Å². The Hall–Kier alpha value is -4.28. The smallest absolute Gasteiger partial charge is 0.264 e. The molecular formula is C67H77BN2S. The van der Waals surface area contributed by atoms with Gasteiger partial charge in [-0.1, -0.05) is 132 Å². The largest absolute Gasteiger partial charge is 0.311 e. The van der Waals surface area contributed by atoms with Gasteiger partial charge in [-0.2, -0.15) is 0 Å². The van der Waals surface area contributed by atoms with Gasteiger partial charge >= 0.3 is 0 Å². The lowest BCUT2D eigenvalue weighted by Gasteiger charge is -2.67. The van der Waals surface area contributed by atoms with E-state index in [0.717, 1.165) is 41.4 Å². The van der Waals surface area contributed by atoms with Crippen LogP contribution >= 0.6 is 11.3 Å². The Balaban J connectivity index is 1.05. The Kier molecular flexibility index (Phi) is 8.42. The van der Waals surface area contributed by atoms with E-state index in [-0.39, 0.29) is 39.2 Å². The summed E-state index contributed by atoms with van der Waals surface area (Å²) in [6.45, 7) is 31.6. The summed E-state index contributed by atoms with van der Waals surface area (Å²) in [6.07, 6.45) is 11.3. The fourth-order valence-electron chi connectivity index (χ4n) is 18.7. The first-order chi connectivity index (χ1) is 33.5. The van der Waals surface area contributed by atoms with Crippen LogP contribution in [0, 0.1) is 46.8 Å². The number of thiophene rings is 1. The monoisotopic (exact) mass is 953 g/mol. The third kappa shape index (κ3) is 5.74. The molecule has 2 aliphatic heterocycles. The molecule has 0 amide bonds. The molecule has 7 bridgehead atoms. The van der Waals surface area contributed by atoms with Crippen LogP contribution in [0.3, 0.4) is 0 Å². The van der Waals surface area contributed by atoms with Gasteiger partial charge in [-0.3, -0.25) is 0 Å². The van der Waals surface area contributed by atoms with E-state index in [0.29, 0.717) is 5.41 Å². The summed E-state index contributed by atoms with van der Waals surface area (Å²) in [5.74, 6) is 6.87. The lowest BCUT2D eigenvalue weighted by Crippen LogP contribution is -2.62. The lowest BCUT2D eigenvalue weighted by atomic mass is 9.35. The van der Waals surface area contributed by atoms with Crippen molar-refractivity contribution in [1.29, 1.82) is 0 Å². The second-order valence-electron chi connectivity index (χ2n) is 29.9. The number of hydrogen-bond donors (Lipinski definition) is 0. The predicted molar refractivity (Wildman–Crippen MR) is 303 cm³/mol. The highest BCUT2D eigenvalue weighted by molar-refractivity contribution is 7.33. The first kappa shape index (κ1) is 44.2. The molecule has 0 radical (unpaired) electrons. The van der Waals surface area contributed by atoms with E-state index in [1.165, 1.54) is 121 Å². The number of rotatable bonds is 3. The number of benzene rings is 5. The Labute approximate surface area is 430 Å². The lowest BCUT2D eigenvalue weighted by molar-refractivity contribution is -0.153. The highest BCUT2D eigenvalue weighted by Crippen LogP contribution is 2.90. The highest BCUT2D eigenvalue weighted by Gasteiger charge is 2.84. The molecule has 1 aromatic heterocycles. The van der Waals surface area contributed by atoms with Gasteiger partial charge in [-0.25, -0.2) is 0 Å². The summed E-state index contributed by atoms with van der Waals surface area (Å²) in [7, 11) is 0. The van der Waals surface area contributed by atoms with Crippen LogP contribution in [0.5, 0.6) is 0 Å². The molecule has 7 saturated carbocycles. The van der Waals surface area contributed by atoms with Crippen molar-refractivity contribution < 1.29 is 0 Å². The Morgan fingerprint density at radius 3 is 1.97 bits per heavy atom. The molecular weight excluding hydrogens is 876 g/mol. The normalized spacial score (nSPS) is 31.7. The van der Waals surface area contributed by atoms with E-state index in [1.54, 1.807) is 24.0 Å². The van der Waals surface area contributed by atoms with Crippen molar-refractivity contribution in [2.75, 3.05) is 9.80 Å². The van der Waals surface area contributed by atoms with Crippen LogP contribution in [0.1, 0.15) is 175 Å². The summed E-state index contributed by atoms with van der Waals surface area (Å²) in [5, 5.41) is 1.41. The molecule has 1 spiro atoms. The van der Waals surface area contributed by atoms with Gasteiger partial charge in [0.1, 0.15) is 0 Å². The van der Waals surface area contributed by atoms with Crippen LogP contribution in [0.15, 0.2) is 91.0 Å². The molecule has 8 aliphatic carbocycles. The zero-order valence-electron chi connectivity index (χ0n) is 45.2. The molecule has 16 rings (SSSR count). The van der Waals surface area contributed by atoms with Crippen LogP contribution in [0.4, 0.5) is 34.1 Å². The summed E-state index contributed by atoms with van der Waals surface area (Å²) < 4.78 is 2.92. The summed E-state index contributed by atoms with van der Waals surface area (Å²) in [5.41, 5.74) is 21.4. The molecule has 9 atom stereocenters. The topological polar surface area (TPSA) is 6.48 Å². The van der Waals surface area contributed by atoms with Gasteiger partial charge in [0.05, 0.1) is 5.69 Å². The van der Waals surface area contributed by atoms with Crippen LogP contribution < -0.4 is 25.5 Å². The van der Waals surface area contributed by atoms with E-state index in [4.69, 9.17) is 0 Å². The molecule has 7 fully saturated rings. The summed E-state index contributed by atoms with van der Waals surface area (Å²) >= 11 is 2.08. The van der Waals surface area contributed by atoms with Crippen molar-refractivity contribution in [2.24, 2.45) is 46.8 Å². The van der Waals surface area contributed by atoms with Crippen LogP contribution in [-0.4, -0.2) is 6.71 Å². The van der Waals surface area contributed by atoms with Crippen molar-refractivity contribution in [3.63, 3.8) is 0 Å². The molecule has 2 nitrogen and oxygen atoms in total. The van der Waals surface area contributed by atoms with E-state index in [1.807, 2.05) is 0 Å². The van der Waals surface area contributed by atoms with Crippen molar-refractivity contribution in [3.8, 4) is 0 Å². The minimum atomic E-state index is 0.00341. The second kappa shape index (κ2) is 13.5. The van der Waals surface area contributed by atoms with Gasteiger partial charge in [0, 0.05) is 43.3 Å². The third-order valence-electron chi connectivity index (χ3n) is 22.2. The standard InChI is InChI=1S/C67H77BN2S/c1-61(2,3)38-15-14-16-42(28-38)69-53-29-39(62(4,5)6)18-22-52(53)68-58-54(69)30-41(66-34-46-45-25-37-26-49(46)67(36-66)51(27-37)57(67)47(45)35-66)31-55(58)70(43-19-21-48-50(33-43)65(12,13)24-23-64(48,10)11)59-44-20-17-40(63(7,8)9)32-56(44)71-60(59)68/h14-22,28-33,37,45-47,49,51,57H,23-27,34-36H2,1-13H3/t37?,45-,46?,47?,49-,51?,57?,66-,67?/m1/s1. The minimum absolute atomic E-state index is 0.00341. The predicted octanol–water partition coefficient (Wildman–Crippen LogP) is 16.2. The molecule has 6 unspecified atom stereocenters. The molecule has 0 saturated heterocycles. The average Bonchev–Trinajstić information content (AvgIpc) is 3.86. The van der Waals surface area contributed by atoms with E-state index in [9.17, 15) is 0 Å². The van der Waals surface area contributed by atoms with Crippen LogP contribution in [0.25, 0.3) is 10.1 Å². The Morgan fingerprint density at radius 1 is 0.577 bits per heavy atom. The fourth-order valence-corrected chi connectivity index (χ4v) is 20.0. The molecule has 5 aromatic carbocycles. The summed E-state index contributed by atoms with van der Waals surface area (Å²) in [4.78, 5) is 5.64. The van der Waals surface area contributed by atoms with Crippen molar-refractivity contribution in [3.05, 3.63) is 124 Å². The molecule has 10 aliphatic rings. The van der Waals surface area contributed by atoms with E-state index in [2.05, 4.69) is 202 Å². The van der Waals surface area contributed by atoms with Crippen molar-refractivity contribution >= 4 is 78.0 Å². The SMILES string of the molecule is CC(C)(C)c1cccc(N2c3cc(C(C)(C)C)ccc3B3c4sc5cc(C(C)(C)C)ccc5c4N(c4ccc5c(c4)C(C)(C)CCC5(C)C)c4cc([C@@]56CC7C8C9CC%10C[C@@H]7C(C5)[C@@H](C%10)C98C6)cc2c43)c1. The first-order valence-electron chi connectivity index (χ1n) is 28.2. The third-order valence-corrected chi connectivity index (χ3v) is 23.4. The van der Waals surface area contributed by atoms with Crippen LogP contribution in [0.2, 0.25) is 0 Å². The van der Waals surface area contributed by atoms with Gasteiger partial charge in [0.25, 0.3) is 6.71 Å². The quantitative estimate of drug-likeness (QED) is 0.163. The zero-order valence-corrected chi connectivity index (χ0v) is 46.1. The van der Waals surface area contributed by atoms with Crippen molar-refractivity contribution in [1.82, 2.24) is 0 Å². The molecule has 3 heterocycles. The van der Waals surface area contributed by atoms with Crippen LogP contribution in [-0.2, 0) is 32.5 Å². The maximum absolute atomic E-state index is 2.86. The maximum Gasteiger partial charge on any atom is 0.264 e. The average molecular weight is 953 g/mol. The Morgan fingerprint density at radius 2 is 1.23 bits per heavy atom. The highest BCUT2D eigenvalue weighted by atomic mass is 32.1. The number of nitrogens with zero attached hydrogens (tertiary/aromatic N) is 2. The number of anilines is 6. The van der Waals surface area contributed by atoms with E-state index >= 15 is 0 Å². The van der Waals surface area contributed by atoms with Gasteiger partial charge in [0.15, 0.2) is 0 Å². The molecule has 4 heteroatoms. The Bertz CT molecular complexity index is 3310. The first-order valence-corrected chi connectivity index (χ1v) is 29.0. The summed E-state index contributed by atoms with van der Waals surface area (Å²) in [6, 6.07) is 38.4. The van der Waals surface area contributed by atoms with Gasteiger partial charge in [-0.05, 0) is 224 Å². The zero-order chi connectivity index (χ0) is 49.1. The number of hydrogen-bond acceptors (Lipinski definition) is 3. The second-order valence-corrected chi connectivity index (χ2v) is 31.0.